The lowest BCUT2D eigenvalue weighted by Gasteiger charge is -2.00. The molecule has 0 aliphatic rings. The Kier molecular flexibility index (Phi) is 5.23. The Morgan fingerprint density at radius 2 is 1.96 bits per heavy atom. The number of amides is 1. The summed E-state index contributed by atoms with van der Waals surface area (Å²) in [7, 11) is 0. The largest absolute Gasteiger partial charge is 0.455 e. The van der Waals surface area contributed by atoms with E-state index in [4.69, 9.17) is 4.42 Å². The van der Waals surface area contributed by atoms with Crippen LogP contribution in [0, 0.1) is 10.1 Å². The van der Waals surface area contributed by atoms with Gasteiger partial charge in [0, 0.05) is 16.1 Å². The molecule has 7 nitrogen and oxygen atoms in total. The fourth-order valence-corrected chi connectivity index (χ4v) is 2.66. The molecule has 0 saturated carbocycles. The first kappa shape index (κ1) is 17.6. The Morgan fingerprint density at radius 3 is 2.73 bits per heavy atom. The lowest BCUT2D eigenvalue weighted by atomic mass is 10.1. The summed E-state index contributed by atoms with van der Waals surface area (Å²) >= 11 is 3.29. The fraction of sp³-hybridized carbons (Fsp3) is 0. The van der Waals surface area contributed by atoms with E-state index in [2.05, 4.69) is 26.5 Å². The molecule has 0 aliphatic heterocycles. The van der Waals surface area contributed by atoms with Crippen LogP contribution in [-0.2, 0) is 0 Å². The molecular weight excluding hydrogens is 402 g/mol. The number of nitrogens with one attached hydrogen (secondary N) is 1. The minimum Gasteiger partial charge on any atom is -0.455 e. The fourth-order valence-electron chi connectivity index (χ4n) is 2.26. The smallest absolute Gasteiger partial charge is 0.280 e. The molecule has 0 aliphatic carbocycles. The maximum atomic E-state index is 12.0. The van der Waals surface area contributed by atoms with Gasteiger partial charge in [-0.3, -0.25) is 14.9 Å². The van der Waals surface area contributed by atoms with Crippen molar-refractivity contribution >= 4 is 33.7 Å². The molecule has 0 fully saturated rings. The molecule has 130 valence electrons. The normalized spacial score (nSPS) is 10.8. The molecule has 1 N–H and O–H groups in total. The first-order chi connectivity index (χ1) is 12.5. The Bertz CT molecular complexity index is 997. The van der Waals surface area contributed by atoms with E-state index in [9.17, 15) is 14.9 Å². The highest BCUT2D eigenvalue weighted by Gasteiger charge is 2.16. The van der Waals surface area contributed by atoms with Crippen molar-refractivity contribution in [3.8, 4) is 11.3 Å². The second kappa shape index (κ2) is 7.75. The number of carbonyl (C=O) groups is 1. The van der Waals surface area contributed by atoms with E-state index in [-0.39, 0.29) is 11.6 Å². The average molecular weight is 414 g/mol. The third-order valence-corrected chi connectivity index (χ3v) is 3.93. The topological polar surface area (TPSA) is 97.7 Å². The van der Waals surface area contributed by atoms with Gasteiger partial charge in [0.15, 0.2) is 0 Å². The number of nitro groups is 1. The van der Waals surface area contributed by atoms with Gasteiger partial charge in [0.2, 0.25) is 0 Å². The molecule has 3 rings (SSSR count). The Labute approximate surface area is 156 Å². The van der Waals surface area contributed by atoms with Gasteiger partial charge in [0.05, 0.1) is 16.7 Å². The number of benzene rings is 2. The van der Waals surface area contributed by atoms with Gasteiger partial charge in [-0.05, 0) is 36.4 Å². The summed E-state index contributed by atoms with van der Waals surface area (Å²) in [6, 6.07) is 16.4. The number of halogens is 1. The molecule has 0 bridgehead atoms. The summed E-state index contributed by atoms with van der Waals surface area (Å²) in [5.41, 5.74) is 3.17. The van der Waals surface area contributed by atoms with Gasteiger partial charge in [0.25, 0.3) is 11.6 Å². The zero-order valence-electron chi connectivity index (χ0n) is 13.3. The monoisotopic (exact) mass is 413 g/mol. The van der Waals surface area contributed by atoms with Gasteiger partial charge in [0.1, 0.15) is 11.5 Å². The predicted molar refractivity (Wildman–Crippen MR) is 100 cm³/mol. The van der Waals surface area contributed by atoms with Crippen molar-refractivity contribution < 1.29 is 14.1 Å². The van der Waals surface area contributed by atoms with Crippen LogP contribution in [0.5, 0.6) is 0 Å². The number of nitrogens with zero attached hydrogens (tertiary/aromatic N) is 2. The van der Waals surface area contributed by atoms with E-state index >= 15 is 0 Å². The third kappa shape index (κ3) is 4.04. The van der Waals surface area contributed by atoms with Gasteiger partial charge >= 0.3 is 0 Å². The molecule has 2 aromatic carbocycles. The van der Waals surface area contributed by atoms with Crippen molar-refractivity contribution in [1.82, 2.24) is 5.43 Å². The third-order valence-electron chi connectivity index (χ3n) is 3.44. The van der Waals surface area contributed by atoms with Crippen LogP contribution in [0.2, 0.25) is 0 Å². The van der Waals surface area contributed by atoms with Gasteiger partial charge in [-0.1, -0.05) is 34.1 Å². The van der Waals surface area contributed by atoms with Crippen molar-refractivity contribution in [3.05, 3.63) is 86.6 Å². The summed E-state index contributed by atoms with van der Waals surface area (Å²) < 4.78 is 6.34. The molecule has 0 spiro atoms. The van der Waals surface area contributed by atoms with Gasteiger partial charge < -0.3 is 4.42 Å². The lowest BCUT2D eigenvalue weighted by Crippen LogP contribution is -2.17. The number of rotatable bonds is 5. The van der Waals surface area contributed by atoms with Crippen LogP contribution >= 0.6 is 15.9 Å². The molecular formula is C18H12BrN3O4. The van der Waals surface area contributed by atoms with Gasteiger partial charge in [-0.2, -0.15) is 5.10 Å². The van der Waals surface area contributed by atoms with E-state index in [1.165, 1.54) is 12.3 Å². The number of carbonyl (C=O) groups excluding carboxylic acids is 1. The molecule has 1 aromatic heterocycles. The average Bonchev–Trinajstić information content (AvgIpc) is 3.10. The Hall–Kier alpha value is -3.26. The molecule has 0 saturated heterocycles. The zero-order chi connectivity index (χ0) is 18.5. The quantitative estimate of drug-likeness (QED) is 0.381. The van der Waals surface area contributed by atoms with Crippen molar-refractivity contribution in [2.24, 2.45) is 5.10 Å². The van der Waals surface area contributed by atoms with Gasteiger partial charge in [-0.15, -0.1) is 0 Å². The second-order valence-electron chi connectivity index (χ2n) is 5.19. The van der Waals surface area contributed by atoms with Crippen molar-refractivity contribution in [2.45, 2.75) is 0 Å². The molecule has 26 heavy (non-hydrogen) atoms. The number of hydrazone groups is 1. The summed E-state index contributed by atoms with van der Waals surface area (Å²) in [5, 5.41) is 14.9. The summed E-state index contributed by atoms with van der Waals surface area (Å²) in [5.74, 6) is 0.331. The van der Waals surface area contributed by atoms with Crippen LogP contribution in [0.3, 0.4) is 0 Å². The molecule has 3 aromatic rings. The SMILES string of the molecule is O=C(N/N=C/c1ccc(-c2ccccc2[N+](=O)[O-])o1)c1cccc(Br)c1. The van der Waals surface area contributed by atoms with Crippen molar-refractivity contribution in [1.29, 1.82) is 0 Å². The van der Waals surface area contributed by atoms with Crippen LogP contribution < -0.4 is 5.43 Å². The first-order valence-corrected chi connectivity index (χ1v) is 8.26. The van der Waals surface area contributed by atoms with Crippen LogP contribution in [0.25, 0.3) is 11.3 Å². The summed E-state index contributed by atoms with van der Waals surface area (Å²) in [4.78, 5) is 22.6. The van der Waals surface area contributed by atoms with Crippen molar-refractivity contribution in [2.75, 3.05) is 0 Å². The van der Waals surface area contributed by atoms with Crippen LogP contribution in [0.4, 0.5) is 5.69 Å². The highest BCUT2D eigenvalue weighted by atomic mass is 79.9. The summed E-state index contributed by atoms with van der Waals surface area (Å²) in [6.45, 7) is 0. The van der Waals surface area contributed by atoms with E-state index in [1.807, 2.05) is 6.07 Å². The van der Waals surface area contributed by atoms with Gasteiger partial charge in [-0.25, -0.2) is 5.43 Å². The van der Waals surface area contributed by atoms with Crippen LogP contribution in [0.1, 0.15) is 16.1 Å². The number of furan rings is 1. The number of hydrogen-bond acceptors (Lipinski definition) is 5. The molecule has 0 atom stereocenters. The van der Waals surface area contributed by atoms with Crippen molar-refractivity contribution in [3.63, 3.8) is 0 Å². The second-order valence-corrected chi connectivity index (χ2v) is 6.10. The first-order valence-electron chi connectivity index (χ1n) is 7.47. The minimum absolute atomic E-state index is 0.0479. The standard InChI is InChI=1S/C18H12BrN3O4/c19-13-5-3-4-12(10-13)18(23)21-20-11-14-8-9-17(26-14)15-6-1-2-7-16(15)22(24)25/h1-11H,(H,21,23)/b20-11+. The maximum Gasteiger partial charge on any atom is 0.280 e. The lowest BCUT2D eigenvalue weighted by molar-refractivity contribution is -0.384. The zero-order valence-corrected chi connectivity index (χ0v) is 14.8. The van der Waals surface area contributed by atoms with E-state index in [0.717, 1.165) is 4.47 Å². The van der Waals surface area contributed by atoms with E-state index in [1.54, 1.807) is 48.5 Å². The molecule has 0 unspecified atom stereocenters. The Balaban J connectivity index is 1.72. The Morgan fingerprint density at radius 1 is 1.15 bits per heavy atom. The highest BCUT2D eigenvalue weighted by molar-refractivity contribution is 9.10. The minimum atomic E-state index is -0.468. The molecule has 8 heteroatoms. The number of para-hydroxylation sites is 1. The van der Waals surface area contributed by atoms with Crippen LogP contribution in [-0.4, -0.2) is 17.0 Å². The van der Waals surface area contributed by atoms with E-state index in [0.29, 0.717) is 22.6 Å². The molecule has 0 radical (unpaired) electrons. The summed E-state index contributed by atoms with van der Waals surface area (Å²) in [6.07, 6.45) is 1.33. The number of nitro benzene ring substituents is 1. The van der Waals surface area contributed by atoms with E-state index < -0.39 is 4.92 Å². The predicted octanol–water partition coefficient (Wildman–Crippen LogP) is 4.38. The molecule has 1 heterocycles. The van der Waals surface area contributed by atoms with Crippen LogP contribution in [0.15, 0.2) is 74.7 Å². The number of hydrogen-bond donors (Lipinski definition) is 1. The molecule has 1 amide bonds. The maximum absolute atomic E-state index is 12.0. The highest BCUT2D eigenvalue weighted by Crippen LogP contribution is 2.30.